The third kappa shape index (κ3) is 2.55. The molecule has 2 N–H and O–H groups in total. The maximum Gasteiger partial charge on any atom is 0.243 e. The predicted molar refractivity (Wildman–Crippen MR) is 84.2 cm³/mol. The van der Waals surface area contributed by atoms with Gasteiger partial charge in [0.2, 0.25) is 5.91 Å². The van der Waals surface area contributed by atoms with E-state index < -0.39 is 0 Å². The molecule has 1 atom stereocenters. The summed E-state index contributed by atoms with van der Waals surface area (Å²) >= 11 is 5.43. The maximum atomic E-state index is 12.1. The van der Waals surface area contributed by atoms with Crippen molar-refractivity contribution in [3.63, 3.8) is 0 Å². The third-order valence-corrected chi connectivity index (χ3v) is 4.04. The Labute approximate surface area is 128 Å². The number of rotatable bonds is 4. The number of carbonyl (C=O) groups is 1. The lowest BCUT2D eigenvalue weighted by Crippen LogP contribution is -2.37. The van der Waals surface area contributed by atoms with Crippen molar-refractivity contribution in [3.05, 3.63) is 23.0 Å². The summed E-state index contributed by atoms with van der Waals surface area (Å²) in [6.45, 7) is 3.48. The molecule has 5 nitrogen and oxygen atoms in total. The van der Waals surface area contributed by atoms with Crippen LogP contribution < -0.4 is 10.1 Å². The number of aromatic nitrogens is 2. The molecule has 0 radical (unpaired) electrons. The highest BCUT2D eigenvalue weighted by molar-refractivity contribution is 7.71. The molecule has 2 heterocycles. The molecule has 0 spiro atoms. The van der Waals surface area contributed by atoms with Gasteiger partial charge in [-0.3, -0.25) is 4.79 Å². The molecule has 21 heavy (non-hydrogen) atoms. The van der Waals surface area contributed by atoms with Gasteiger partial charge in [-0.1, -0.05) is 13.0 Å². The number of aromatic amines is 1. The molecule has 1 amide bonds. The van der Waals surface area contributed by atoms with Crippen LogP contribution >= 0.6 is 12.2 Å². The minimum Gasteiger partial charge on any atom is -0.491 e. The van der Waals surface area contributed by atoms with Crippen LogP contribution in [0, 0.1) is 4.77 Å². The monoisotopic (exact) mass is 305 g/mol. The fraction of sp³-hybridized carbons (Fsp3) is 0.467. The molecule has 112 valence electrons. The zero-order valence-electron chi connectivity index (χ0n) is 12.0. The molecule has 1 aromatic carbocycles. The molecular formula is C15H19N3O2S. The normalized spacial score (nSPS) is 18.7. The Balaban J connectivity index is 2.09. The predicted octanol–water partition coefficient (Wildman–Crippen LogP) is 2.94. The Bertz CT molecular complexity index is 719. The summed E-state index contributed by atoms with van der Waals surface area (Å²) in [6.07, 6.45) is 2.73. The van der Waals surface area contributed by atoms with Crippen LogP contribution in [0.2, 0.25) is 0 Å². The van der Waals surface area contributed by atoms with E-state index in [9.17, 15) is 4.79 Å². The largest absolute Gasteiger partial charge is 0.491 e. The van der Waals surface area contributed by atoms with Crippen molar-refractivity contribution in [2.24, 2.45) is 0 Å². The van der Waals surface area contributed by atoms with Crippen LogP contribution in [0.25, 0.3) is 11.0 Å². The lowest BCUT2D eigenvalue weighted by molar-refractivity contribution is -0.125. The minimum absolute atomic E-state index is 0.0399. The summed E-state index contributed by atoms with van der Waals surface area (Å²) in [5, 5.41) is 2.91. The lowest BCUT2D eigenvalue weighted by Gasteiger charge is -2.23. The third-order valence-electron chi connectivity index (χ3n) is 3.74. The number of H-pyrrole nitrogens is 1. The highest BCUT2D eigenvalue weighted by Gasteiger charge is 2.26. The number of ether oxygens (including phenoxy) is 1. The van der Waals surface area contributed by atoms with Crippen LogP contribution in [-0.4, -0.2) is 28.6 Å². The van der Waals surface area contributed by atoms with Gasteiger partial charge in [-0.25, -0.2) is 0 Å². The average molecular weight is 305 g/mol. The standard InChI is InChI=1S/C15H19N3O2S/c1-2-9-20-12-7-3-5-10-13(12)17-15(21)18(10)11-6-4-8-16-14(11)19/h3,5,7,11H,2,4,6,8-9H2,1H3,(H,16,19)(H,17,21). The van der Waals surface area contributed by atoms with Crippen molar-refractivity contribution >= 4 is 29.2 Å². The molecule has 1 aromatic heterocycles. The molecular weight excluding hydrogens is 286 g/mol. The summed E-state index contributed by atoms with van der Waals surface area (Å²) in [7, 11) is 0. The van der Waals surface area contributed by atoms with Crippen LogP contribution in [0.5, 0.6) is 5.75 Å². The Hall–Kier alpha value is -1.82. The van der Waals surface area contributed by atoms with Gasteiger partial charge in [0.1, 0.15) is 17.3 Å². The van der Waals surface area contributed by atoms with Crippen molar-refractivity contribution in [1.82, 2.24) is 14.9 Å². The maximum absolute atomic E-state index is 12.1. The summed E-state index contributed by atoms with van der Waals surface area (Å²) in [5.41, 5.74) is 1.80. The minimum atomic E-state index is -0.235. The van der Waals surface area contributed by atoms with Crippen LogP contribution in [-0.2, 0) is 4.79 Å². The van der Waals surface area contributed by atoms with Gasteiger partial charge in [0.05, 0.1) is 12.1 Å². The highest BCUT2D eigenvalue weighted by Crippen LogP contribution is 2.29. The van der Waals surface area contributed by atoms with Gasteiger partial charge in [0.15, 0.2) is 4.77 Å². The zero-order valence-corrected chi connectivity index (χ0v) is 12.8. The van der Waals surface area contributed by atoms with Crippen molar-refractivity contribution in [1.29, 1.82) is 0 Å². The van der Waals surface area contributed by atoms with E-state index in [4.69, 9.17) is 17.0 Å². The first-order chi connectivity index (χ1) is 10.2. The van der Waals surface area contributed by atoms with Crippen molar-refractivity contribution in [2.75, 3.05) is 13.2 Å². The zero-order chi connectivity index (χ0) is 14.8. The Morgan fingerprint density at radius 1 is 1.48 bits per heavy atom. The molecule has 3 rings (SSSR count). The highest BCUT2D eigenvalue weighted by atomic mass is 32.1. The van der Waals surface area contributed by atoms with E-state index in [1.807, 2.05) is 22.8 Å². The number of fused-ring (bicyclic) bond motifs is 1. The fourth-order valence-electron chi connectivity index (χ4n) is 2.77. The molecule has 1 saturated heterocycles. The second kappa shape index (κ2) is 5.89. The van der Waals surface area contributed by atoms with Gasteiger partial charge in [0.25, 0.3) is 0 Å². The van der Waals surface area contributed by atoms with Crippen LogP contribution in [0.15, 0.2) is 18.2 Å². The molecule has 1 aliphatic heterocycles. The SMILES string of the molecule is CCCOc1cccc2c1[nH]c(=S)n2C1CCCNC1=O. The van der Waals surface area contributed by atoms with Gasteiger partial charge in [0, 0.05) is 6.54 Å². The molecule has 1 aliphatic rings. The molecule has 0 bridgehead atoms. The van der Waals surface area contributed by atoms with E-state index in [0.717, 1.165) is 42.6 Å². The number of para-hydroxylation sites is 1. The van der Waals surface area contributed by atoms with Crippen LogP contribution in [0.3, 0.4) is 0 Å². The molecule has 2 aromatic rings. The van der Waals surface area contributed by atoms with Gasteiger partial charge >= 0.3 is 0 Å². The fourth-order valence-corrected chi connectivity index (χ4v) is 3.09. The number of imidazole rings is 1. The molecule has 0 aliphatic carbocycles. The van der Waals surface area contributed by atoms with E-state index in [1.54, 1.807) is 0 Å². The van der Waals surface area contributed by atoms with Crippen molar-refractivity contribution in [2.45, 2.75) is 32.2 Å². The molecule has 1 fully saturated rings. The Morgan fingerprint density at radius 3 is 3.10 bits per heavy atom. The number of benzene rings is 1. The van der Waals surface area contributed by atoms with Gasteiger partial charge in [-0.15, -0.1) is 0 Å². The van der Waals surface area contributed by atoms with Gasteiger partial charge in [-0.05, 0) is 43.6 Å². The first-order valence-corrected chi connectivity index (χ1v) is 7.77. The first kappa shape index (κ1) is 14.1. The van der Waals surface area contributed by atoms with Crippen molar-refractivity contribution in [3.8, 4) is 5.75 Å². The quantitative estimate of drug-likeness (QED) is 0.854. The first-order valence-electron chi connectivity index (χ1n) is 7.36. The number of nitrogens with one attached hydrogen (secondary N) is 2. The molecule has 1 unspecified atom stereocenters. The van der Waals surface area contributed by atoms with E-state index in [-0.39, 0.29) is 11.9 Å². The number of amides is 1. The molecule has 0 saturated carbocycles. The van der Waals surface area contributed by atoms with Gasteiger partial charge < -0.3 is 19.6 Å². The smallest absolute Gasteiger partial charge is 0.243 e. The number of hydrogen-bond acceptors (Lipinski definition) is 3. The Kier molecular flexibility index (Phi) is 3.96. The lowest BCUT2D eigenvalue weighted by atomic mass is 10.1. The number of nitrogens with zero attached hydrogens (tertiary/aromatic N) is 1. The second-order valence-corrected chi connectivity index (χ2v) is 5.63. The van der Waals surface area contributed by atoms with E-state index in [0.29, 0.717) is 11.4 Å². The van der Waals surface area contributed by atoms with Crippen LogP contribution in [0.4, 0.5) is 0 Å². The van der Waals surface area contributed by atoms with E-state index >= 15 is 0 Å². The summed E-state index contributed by atoms with van der Waals surface area (Å²) in [4.78, 5) is 15.3. The molecule has 6 heteroatoms. The average Bonchev–Trinajstić information content (AvgIpc) is 2.82. The number of piperidine rings is 1. The van der Waals surface area contributed by atoms with Crippen molar-refractivity contribution < 1.29 is 9.53 Å². The summed E-state index contributed by atoms with van der Waals surface area (Å²) in [5.74, 6) is 0.827. The number of carbonyl (C=O) groups excluding carboxylic acids is 1. The Morgan fingerprint density at radius 2 is 2.33 bits per heavy atom. The second-order valence-electron chi connectivity index (χ2n) is 5.25. The number of hydrogen-bond donors (Lipinski definition) is 2. The van der Waals surface area contributed by atoms with E-state index in [2.05, 4.69) is 17.2 Å². The van der Waals surface area contributed by atoms with Crippen LogP contribution in [0.1, 0.15) is 32.2 Å². The summed E-state index contributed by atoms with van der Waals surface area (Å²) in [6, 6.07) is 5.60. The summed E-state index contributed by atoms with van der Waals surface area (Å²) < 4.78 is 8.24. The topological polar surface area (TPSA) is 59.0 Å². The van der Waals surface area contributed by atoms with Gasteiger partial charge in [-0.2, -0.15) is 0 Å². The van der Waals surface area contributed by atoms with E-state index in [1.165, 1.54) is 0 Å².